The molecule has 3 rings (SSSR count). The monoisotopic (exact) mass is 283 g/mol. The van der Waals surface area contributed by atoms with Crippen LogP contribution in [0, 0.1) is 0 Å². The van der Waals surface area contributed by atoms with Gasteiger partial charge in [0.2, 0.25) is 0 Å². The fourth-order valence-corrected chi connectivity index (χ4v) is 2.96. The van der Waals surface area contributed by atoms with Gasteiger partial charge in [0.15, 0.2) is 0 Å². The summed E-state index contributed by atoms with van der Waals surface area (Å²) in [6.07, 6.45) is 1.92. The molecule has 0 atom stereocenters. The van der Waals surface area contributed by atoms with Crippen molar-refractivity contribution < 1.29 is 0 Å². The van der Waals surface area contributed by atoms with Crippen LogP contribution < -0.4 is 5.32 Å². The molecular weight excluding hydrogens is 274 g/mol. The molecule has 2 aromatic rings. The van der Waals surface area contributed by atoms with Crippen molar-refractivity contribution in [2.45, 2.75) is 5.92 Å². The summed E-state index contributed by atoms with van der Waals surface area (Å²) >= 11 is 5.19. The van der Waals surface area contributed by atoms with Crippen molar-refractivity contribution in [2.24, 2.45) is 0 Å². The predicted octanol–water partition coefficient (Wildman–Crippen LogP) is 2.59. The number of aromatic amines is 1. The summed E-state index contributed by atoms with van der Waals surface area (Å²) in [6, 6.07) is 4.16. The molecule has 1 aliphatic heterocycles. The minimum Gasteiger partial charge on any atom is -0.341 e. The third-order valence-corrected chi connectivity index (χ3v) is 4.26. The van der Waals surface area contributed by atoms with E-state index in [0.717, 1.165) is 28.4 Å². The van der Waals surface area contributed by atoms with Crippen LogP contribution in [0.25, 0.3) is 10.6 Å². The summed E-state index contributed by atoms with van der Waals surface area (Å²) in [5.74, 6) is 1.68. The summed E-state index contributed by atoms with van der Waals surface area (Å²) in [6.45, 7) is 2.09. The topological polar surface area (TPSA) is 40.7 Å². The minimum atomic E-state index is 0.571. The third kappa shape index (κ3) is 1.75. The highest BCUT2D eigenvalue weighted by molar-refractivity contribution is 9.11. The molecule has 0 saturated carbocycles. The number of nitrogens with zero attached hydrogens (tertiary/aromatic N) is 1. The molecule has 5 heteroatoms. The molecule has 1 aliphatic rings. The van der Waals surface area contributed by atoms with Gasteiger partial charge in [-0.2, -0.15) is 0 Å². The Kier molecular flexibility index (Phi) is 2.38. The van der Waals surface area contributed by atoms with Crippen LogP contribution >= 0.6 is 27.3 Å². The zero-order valence-corrected chi connectivity index (χ0v) is 10.4. The van der Waals surface area contributed by atoms with Gasteiger partial charge in [-0.25, -0.2) is 4.98 Å². The summed E-state index contributed by atoms with van der Waals surface area (Å²) in [5, 5.41) is 3.25. The lowest BCUT2D eigenvalue weighted by Gasteiger charge is -2.24. The van der Waals surface area contributed by atoms with Crippen molar-refractivity contribution in [3.63, 3.8) is 0 Å². The van der Waals surface area contributed by atoms with E-state index in [1.165, 1.54) is 4.88 Å². The standard InChI is InChI=1S/C10H10BrN3S/c11-9-2-1-8(15-9)7-5-13-10(14-7)6-3-12-4-6/h1-2,5-6,12H,3-4H2,(H,13,14). The number of aromatic nitrogens is 2. The average molecular weight is 284 g/mol. The molecule has 0 spiro atoms. The number of imidazole rings is 1. The van der Waals surface area contributed by atoms with Crippen LogP contribution in [-0.2, 0) is 0 Å². The predicted molar refractivity (Wildman–Crippen MR) is 65.2 cm³/mol. The first-order valence-corrected chi connectivity index (χ1v) is 6.45. The quantitative estimate of drug-likeness (QED) is 0.890. The van der Waals surface area contributed by atoms with Gasteiger partial charge in [0.25, 0.3) is 0 Å². The normalized spacial score (nSPS) is 16.6. The summed E-state index contributed by atoms with van der Waals surface area (Å²) in [7, 11) is 0. The second-order valence-electron chi connectivity index (χ2n) is 3.64. The molecule has 2 aromatic heterocycles. The van der Waals surface area contributed by atoms with Crippen LogP contribution in [0.15, 0.2) is 22.1 Å². The maximum atomic E-state index is 4.42. The number of rotatable bonds is 2. The zero-order chi connectivity index (χ0) is 10.3. The fourth-order valence-electron chi connectivity index (χ4n) is 1.61. The van der Waals surface area contributed by atoms with Crippen LogP contribution in [0.4, 0.5) is 0 Å². The molecule has 0 bridgehead atoms. The van der Waals surface area contributed by atoms with E-state index < -0.39 is 0 Å². The number of H-pyrrole nitrogens is 1. The van der Waals surface area contributed by atoms with Gasteiger partial charge < -0.3 is 10.3 Å². The molecule has 0 aliphatic carbocycles. The Bertz CT molecular complexity index is 472. The number of hydrogen-bond acceptors (Lipinski definition) is 3. The van der Waals surface area contributed by atoms with Crippen LogP contribution in [0.1, 0.15) is 11.7 Å². The number of nitrogens with one attached hydrogen (secondary N) is 2. The molecule has 2 N–H and O–H groups in total. The van der Waals surface area contributed by atoms with Crippen molar-refractivity contribution in [1.29, 1.82) is 0 Å². The van der Waals surface area contributed by atoms with E-state index in [0.29, 0.717) is 5.92 Å². The molecule has 0 radical (unpaired) electrons. The largest absolute Gasteiger partial charge is 0.341 e. The number of halogens is 1. The lowest BCUT2D eigenvalue weighted by molar-refractivity contribution is 0.433. The maximum absolute atomic E-state index is 4.42. The van der Waals surface area contributed by atoms with Crippen molar-refractivity contribution in [3.05, 3.63) is 27.9 Å². The van der Waals surface area contributed by atoms with E-state index in [1.807, 2.05) is 6.20 Å². The highest BCUT2D eigenvalue weighted by Crippen LogP contribution is 2.31. The Morgan fingerprint density at radius 2 is 2.27 bits per heavy atom. The van der Waals surface area contributed by atoms with Gasteiger partial charge in [-0.1, -0.05) is 0 Å². The lowest BCUT2D eigenvalue weighted by atomic mass is 10.0. The Labute approximate surface area is 100 Å². The summed E-state index contributed by atoms with van der Waals surface area (Å²) in [5.41, 5.74) is 1.12. The van der Waals surface area contributed by atoms with Gasteiger partial charge in [0.1, 0.15) is 5.82 Å². The van der Waals surface area contributed by atoms with Gasteiger partial charge >= 0.3 is 0 Å². The molecule has 3 nitrogen and oxygen atoms in total. The third-order valence-electron chi connectivity index (χ3n) is 2.60. The van der Waals surface area contributed by atoms with Crippen molar-refractivity contribution in [2.75, 3.05) is 13.1 Å². The highest BCUT2D eigenvalue weighted by atomic mass is 79.9. The zero-order valence-electron chi connectivity index (χ0n) is 7.96. The Balaban J connectivity index is 1.89. The molecule has 0 aromatic carbocycles. The van der Waals surface area contributed by atoms with E-state index in [4.69, 9.17) is 0 Å². The molecule has 3 heterocycles. The average Bonchev–Trinajstić information content (AvgIpc) is 2.70. The van der Waals surface area contributed by atoms with Crippen LogP contribution in [-0.4, -0.2) is 23.1 Å². The van der Waals surface area contributed by atoms with E-state index in [-0.39, 0.29) is 0 Å². The molecule has 15 heavy (non-hydrogen) atoms. The van der Waals surface area contributed by atoms with E-state index in [2.05, 4.69) is 43.3 Å². The second kappa shape index (κ2) is 3.73. The van der Waals surface area contributed by atoms with Gasteiger partial charge in [0.05, 0.1) is 20.6 Å². The second-order valence-corrected chi connectivity index (χ2v) is 6.10. The SMILES string of the molecule is Brc1ccc(-c2cnc(C3CNC3)[nH]2)s1. The molecule has 0 amide bonds. The Morgan fingerprint density at radius 1 is 1.40 bits per heavy atom. The highest BCUT2D eigenvalue weighted by Gasteiger charge is 2.21. The Hall–Kier alpha value is -0.650. The first kappa shape index (κ1) is 9.57. The molecule has 78 valence electrons. The Morgan fingerprint density at radius 3 is 2.87 bits per heavy atom. The minimum absolute atomic E-state index is 0.571. The van der Waals surface area contributed by atoms with Crippen molar-refractivity contribution in [1.82, 2.24) is 15.3 Å². The van der Waals surface area contributed by atoms with Gasteiger partial charge in [-0.05, 0) is 28.1 Å². The number of hydrogen-bond donors (Lipinski definition) is 2. The number of thiophene rings is 1. The van der Waals surface area contributed by atoms with Crippen LogP contribution in [0.5, 0.6) is 0 Å². The summed E-state index contributed by atoms with van der Waals surface area (Å²) < 4.78 is 1.15. The first-order chi connectivity index (χ1) is 7.33. The van der Waals surface area contributed by atoms with Crippen LogP contribution in [0.2, 0.25) is 0 Å². The van der Waals surface area contributed by atoms with Gasteiger partial charge in [0, 0.05) is 19.0 Å². The molecule has 1 saturated heterocycles. The smallest absolute Gasteiger partial charge is 0.112 e. The van der Waals surface area contributed by atoms with Crippen LogP contribution in [0.3, 0.4) is 0 Å². The molecular formula is C10H10BrN3S. The van der Waals surface area contributed by atoms with E-state index in [1.54, 1.807) is 11.3 Å². The fraction of sp³-hybridized carbons (Fsp3) is 0.300. The van der Waals surface area contributed by atoms with E-state index in [9.17, 15) is 0 Å². The molecule has 1 fully saturated rings. The van der Waals surface area contributed by atoms with Gasteiger partial charge in [-0.3, -0.25) is 0 Å². The van der Waals surface area contributed by atoms with Gasteiger partial charge in [-0.15, -0.1) is 11.3 Å². The molecule has 0 unspecified atom stereocenters. The van der Waals surface area contributed by atoms with Crippen molar-refractivity contribution in [3.8, 4) is 10.6 Å². The summed E-state index contributed by atoms with van der Waals surface area (Å²) in [4.78, 5) is 9.03. The van der Waals surface area contributed by atoms with E-state index >= 15 is 0 Å². The lowest BCUT2D eigenvalue weighted by Crippen LogP contribution is -2.40. The van der Waals surface area contributed by atoms with Crippen molar-refractivity contribution >= 4 is 27.3 Å². The maximum Gasteiger partial charge on any atom is 0.112 e. The first-order valence-electron chi connectivity index (χ1n) is 4.84.